The van der Waals surface area contributed by atoms with Crippen molar-refractivity contribution in [3.63, 3.8) is 0 Å². The van der Waals surface area contributed by atoms with Gasteiger partial charge in [0.05, 0.1) is 6.04 Å². The summed E-state index contributed by atoms with van der Waals surface area (Å²) in [5.41, 5.74) is 6.52. The van der Waals surface area contributed by atoms with E-state index in [0.717, 1.165) is 13.0 Å². The Labute approximate surface area is 83.3 Å². The van der Waals surface area contributed by atoms with Crippen molar-refractivity contribution in [1.82, 2.24) is 5.32 Å². The number of amides is 1. The molecule has 1 amide bonds. The fourth-order valence-corrected chi connectivity index (χ4v) is 1.93. The summed E-state index contributed by atoms with van der Waals surface area (Å²) >= 11 is 0. The lowest BCUT2D eigenvalue weighted by atomic mass is 9.96. The predicted molar refractivity (Wildman–Crippen MR) is 54.8 cm³/mol. The van der Waals surface area contributed by atoms with E-state index in [1.54, 1.807) is 0 Å². The lowest BCUT2D eigenvalue weighted by molar-refractivity contribution is -0.119. The molecule has 1 aliphatic rings. The molecule has 0 radical (unpaired) electrons. The van der Waals surface area contributed by atoms with Crippen LogP contribution in [0.25, 0.3) is 0 Å². The van der Waals surface area contributed by atoms with Gasteiger partial charge in [-0.15, -0.1) is 0 Å². The van der Waals surface area contributed by atoms with Gasteiger partial charge in [-0.05, 0) is 17.9 Å². The first-order chi connectivity index (χ1) is 6.77. The SMILES string of the molecule is NC(=O)C1CC(c2ccccc2)CN1. The number of carbonyl (C=O) groups is 1. The lowest BCUT2D eigenvalue weighted by Crippen LogP contribution is -2.36. The van der Waals surface area contributed by atoms with E-state index in [0.29, 0.717) is 5.92 Å². The van der Waals surface area contributed by atoms with E-state index in [4.69, 9.17) is 5.73 Å². The number of benzene rings is 1. The van der Waals surface area contributed by atoms with Gasteiger partial charge in [0, 0.05) is 6.54 Å². The molecule has 2 unspecified atom stereocenters. The lowest BCUT2D eigenvalue weighted by Gasteiger charge is -2.07. The molecule has 1 aliphatic heterocycles. The normalized spacial score (nSPS) is 26.3. The van der Waals surface area contributed by atoms with Crippen LogP contribution in [0.15, 0.2) is 30.3 Å². The van der Waals surface area contributed by atoms with Crippen molar-refractivity contribution < 1.29 is 4.79 Å². The van der Waals surface area contributed by atoms with E-state index in [1.165, 1.54) is 5.56 Å². The van der Waals surface area contributed by atoms with E-state index in [-0.39, 0.29) is 11.9 Å². The Kier molecular flexibility index (Phi) is 2.50. The summed E-state index contributed by atoms with van der Waals surface area (Å²) in [6, 6.07) is 10.1. The molecule has 3 nitrogen and oxygen atoms in total. The zero-order valence-electron chi connectivity index (χ0n) is 7.94. The smallest absolute Gasteiger partial charge is 0.234 e. The van der Waals surface area contributed by atoms with Crippen molar-refractivity contribution in [1.29, 1.82) is 0 Å². The molecule has 0 bridgehead atoms. The van der Waals surface area contributed by atoms with Gasteiger partial charge in [-0.3, -0.25) is 4.79 Å². The average molecular weight is 190 g/mol. The maximum atomic E-state index is 10.9. The van der Waals surface area contributed by atoms with Gasteiger partial charge in [0.25, 0.3) is 0 Å². The van der Waals surface area contributed by atoms with Gasteiger partial charge in [0.1, 0.15) is 0 Å². The second kappa shape index (κ2) is 3.80. The van der Waals surface area contributed by atoms with Crippen molar-refractivity contribution in [3.8, 4) is 0 Å². The van der Waals surface area contributed by atoms with Crippen LogP contribution in [0.3, 0.4) is 0 Å². The largest absolute Gasteiger partial charge is 0.368 e. The highest BCUT2D eigenvalue weighted by molar-refractivity contribution is 5.80. The van der Waals surface area contributed by atoms with Crippen molar-refractivity contribution in [2.75, 3.05) is 6.54 Å². The first-order valence-electron chi connectivity index (χ1n) is 4.85. The molecular formula is C11H14N2O. The van der Waals surface area contributed by atoms with Crippen LogP contribution in [0, 0.1) is 0 Å². The molecule has 0 saturated carbocycles. The van der Waals surface area contributed by atoms with Crippen LogP contribution < -0.4 is 11.1 Å². The summed E-state index contributed by atoms with van der Waals surface area (Å²) in [4.78, 5) is 10.9. The van der Waals surface area contributed by atoms with E-state index >= 15 is 0 Å². The number of primary amides is 1. The van der Waals surface area contributed by atoms with Gasteiger partial charge < -0.3 is 11.1 Å². The van der Waals surface area contributed by atoms with Gasteiger partial charge in [-0.25, -0.2) is 0 Å². The Morgan fingerprint density at radius 1 is 1.36 bits per heavy atom. The molecule has 1 aromatic rings. The number of rotatable bonds is 2. The molecule has 0 aliphatic carbocycles. The molecule has 0 spiro atoms. The minimum Gasteiger partial charge on any atom is -0.368 e. The Bertz CT molecular complexity index is 323. The molecule has 3 N–H and O–H groups in total. The van der Waals surface area contributed by atoms with Crippen molar-refractivity contribution in [3.05, 3.63) is 35.9 Å². The van der Waals surface area contributed by atoms with Crippen LogP contribution in [-0.4, -0.2) is 18.5 Å². The number of carbonyl (C=O) groups excluding carboxylic acids is 1. The highest BCUT2D eigenvalue weighted by atomic mass is 16.1. The number of hydrogen-bond acceptors (Lipinski definition) is 2. The maximum absolute atomic E-state index is 10.9. The molecule has 1 heterocycles. The van der Waals surface area contributed by atoms with E-state index in [1.807, 2.05) is 18.2 Å². The van der Waals surface area contributed by atoms with Crippen LogP contribution in [0.4, 0.5) is 0 Å². The molecule has 14 heavy (non-hydrogen) atoms. The molecule has 2 rings (SSSR count). The van der Waals surface area contributed by atoms with Gasteiger partial charge in [-0.1, -0.05) is 30.3 Å². The fourth-order valence-electron chi connectivity index (χ4n) is 1.93. The third-order valence-electron chi connectivity index (χ3n) is 2.75. The molecule has 3 heteroatoms. The van der Waals surface area contributed by atoms with Crippen LogP contribution in [0.1, 0.15) is 17.9 Å². The first kappa shape index (κ1) is 9.21. The third kappa shape index (κ3) is 1.77. The van der Waals surface area contributed by atoms with Crippen molar-refractivity contribution in [2.24, 2.45) is 5.73 Å². The Morgan fingerprint density at radius 3 is 2.64 bits per heavy atom. The second-order valence-electron chi connectivity index (χ2n) is 3.71. The summed E-state index contributed by atoms with van der Waals surface area (Å²) in [6.45, 7) is 0.845. The zero-order chi connectivity index (χ0) is 9.97. The van der Waals surface area contributed by atoms with Crippen LogP contribution in [-0.2, 0) is 4.79 Å². The van der Waals surface area contributed by atoms with Gasteiger partial charge in [0.2, 0.25) is 5.91 Å². The minimum atomic E-state index is -0.247. The topological polar surface area (TPSA) is 55.1 Å². The average Bonchev–Trinajstić information content (AvgIpc) is 2.68. The van der Waals surface area contributed by atoms with Crippen LogP contribution in [0.5, 0.6) is 0 Å². The second-order valence-corrected chi connectivity index (χ2v) is 3.71. The number of hydrogen-bond donors (Lipinski definition) is 2. The Morgan fingerprint density at radius 2 is 2.07 bits per heavy atom. The van der Waals surface area contributed by atoms with E-state index in [2.05, 4.69) is 17.4 Å². The van der Waals surface area contributed by atoms with Crippen molar-refractivity contribution in [2.45, 2.75) is 18.4 Å². The molecule has 0 aromatic heterocycles. The van der Waals surface area contributed by atoms with E-state index < -0.39 is 0 Å². The predicted octanol–water partition coefficient (Wildman–Crippen LogP) is 0.617. The summed E-state index contributed by atoms with van der Waals surface area (Å²) in [5, 5.41) is 3.13. The standard InChI is InChI=1S/C11H14N2O/c12-11(14)10-6-9(7-13-10)8-4-2-1-3-5-8/h1-5,9-10,13H,6-7H2,(H2,12,14). The van der Waals surface area contributed by atoms with Crippen LogP contribution in [0.2, 0.25) is 0 Å². The van der Waals surface area contributed by atoms with E-state index in [9.17, 15) is 4.79 Å². The van der Waals surface area contributed by atoms with Crippen LogP contribution >= 0.6 is 0 Å². The fraction of sp³-hybridized carbons (Fsp3) is 0.364. The molecular weight excluding hydrogens is 176 g/mol. The quantitative estimate of drug-likeness (QED) is 0.718. The molecule has 1 saturated heterocycles. The maximum Gasteiger partial charge on any atom is 0.234 e. The summed E-state index contributed by atoms with van der Waals surface area (Å²) < 4.78 is 0. The van der Waals surface area contributed by atoms with Gasteiger partial charge in [0.15, 0.2) is 0 Å². The van der Waals surface area contributed by atoms with Gasteiger partial charge >= 0.3 is 0 Å². The summed E-state index contributed by atoms with van der Waals surface area (Å²) in [7, 11) is 0. The summed E-state index contributed by atoms with van der Waals surface area (Å²) in [5.74, 6) is 0.178. The Balaban J connectivity index is 2.06. The first-order valence-corrected chi connectivity index (χ1v) is 4.85. The Hall–Kier alpha value is -1.35. The molecule has 74 valence electrons. The third-order valence-corrected chi connectivity index (χ3v) is 2.75. The highest BCUT2D eigenvalue weighted by Crippen LogP contribution is 2.24. The highest BCUT2D eigenvalue weighted by Gasteiger charge is 2.28. The van der Waals surface area contributed by atoms with Crippen molar-refractivity contribution >= 4 is 5.91 Å². The molecule has 2 atom stereocenters. The number of nitrogens with two attached hydrogens (primary N) is 1. The molecule has 1 fully saturated rings. The van der Waals surface area contributed by atoms with Gasteiger partial charge in [-0.2, -0.15) is 0 Å². The monoisotopic (exact) mass is 190 g/mol. The minimum absolute atomic E-state index is 0.153. The number of nitrogens with one attached hydrogen (secondary N) is 1. The molecule has 1 aromatic carbocycles. The zero-order valence-corrected chi connectivity index (χ0v) is 7.94. The summed E-state index contributed by atoms with van der Waals surface area (Å²) in [6.07, 6.45) is 0.819.